The number of aliphatic hydroxyl groups excluding tert-OH is 1. The van der Waals surface area contributed by atoms with Crippen LogP contribution in [0.25, 0.3) is 0 Å². The average molecular weight is 395 g/mol. The van der Waals surface area contributed by atoms with Crippen LogP contribution in [0.4, 0.5) is 14.9 Å². The molecule has 0 fully saturated rings. The molecular formula is C18H20BrFN2O2. The van der Waals surface area contributed by atoms with Crippen molar-refractivity contribution in [2.24, 2.45) is 0 Å². The summed E-state index contributed by atoms with van der Waals surface area (Å²) in [6.07, 6.45) is 0. The first-order valence-corrected chi connectivity index (χ1v) is 8.43. The van der Waals surface area contributed by atoms with E-state index >= 15 is 0 Å². The fourth-order valence-electron chi connectivity index (χ4n) is 2.26. The Balaban J connectivity index is 2.05. The number of urea groups is 1. The second-order valence-corrected chi connectivity index (χ2v) is 6.69. The van der Waals surface area contributed by atoms with Crippen molar-refractivity contribution in [3.05, 3.63) is 63.9 Å². The lowest BCUT2D eigenvalue weighted by atomic mass is 9.99. The molecule has 0 radical (unpaired) electrons. The third-order valence-electron chi connectivity index (χ3n) is 3.67. The Labute approximate surface area is 149 Å². The molecule has 6 heteroatoms. The van der Waals surface area contributed by atoms with E-state index in [0.29, 0.717) is 10.4 Å². The zero-order valence-electron chi connectivity index (χ0n) is 13.5. The monoisotopic (exact) mass is 394 g/mol. The molecule has 0 spiro atoms. The number of benzene rings is 2. The van der Waals surface area contributed by atoms with Crippen molar-refractivity contribution in [2.45, 2.75) is 25.8 Å². The van der Waals surface area contributed by atoms with Crippen LogP contribution in [0, 0.1) is 5.82 Å². The van der Waals surface area contributed by atoms with Gasteiger partial charge in [-0.05, 0) is 35.2 Å². The Morgan fingerprint density at radius 2 is 1.79 bits per heavy atom. The summed E-state index contributed by atoms with van der Waals surface area (Å²) in [5.74, 6) is -0.135. The van der Waals surface area contributed by atoms with E-state index in [0.717, 1.165) is 5.56 Å². The van der Waals surface area contributed by atoms with Gasteiger partial charge in [-0.3, -0.25) is 0 Å². The van der Waals surface area contributed by atoms with Gasteiger partial charge in [-0.15, -0.1) is 0 Å². The fraction of sp³-hybridized carbons (Fsp3) is 0.278. The largest absolute Gasteiger partial charge is 0.394 e. The van der Waals surface area contributed by atoms with Crippen LogP contribution in [0.1, 0.15) is 36.9 Å². The summed E-state index contributed by atoms with van der Waals surface area (Å²) in [5, 5.41) is 14.6. The van der Waals surface area contributed by atoms with Gasteiger partial charge in [-0.25, -0.2) is 9.18 Å². The van der Waals surface area contributed by atoms with Crippen LogP contribution in [0.15, 0.2) is 46.9 Å². The Morgan fingerprint density at radius 3 is 2.33 bits per heavy atom. The highest BCUT2D eigenvalue weighted by Crippen LogP contribution is 2.21. The number of hydrogen-bond donors (Lipinski definition) is 3. The maximum absolute atomic E-state index is 13.8. The average Bonchev–Trinajstić information content (AvgIpc) is 2.55. The van der Waals surface area contributed by atoms with Gasteiger partial charge in [-0.2, -0.15) is 0 Å². The molecule has 4 nitrogen and oxygen atoms in total. The third-order valence-corrected chi connectivity index (χ3v) is 4.17. The van der Waals surface area contributed by atoms with Crippen molar-refractivity contribution in [3.63, 3.8) is 0 Å². The van der Waals surface area contributed by atoms with Gasteiger partial charge in [0.15, 0.2) is 0 Å². The summed E-state index contributed by atoms with van der Waals surface area (Å²) in [4.78, 5) is 12.1. The molecule has 0 aliphatic rings. The zero-order valence-corrected chi connectivity index (χ0v) is 15.1. The standard InChI is InChI=1S/C18H20BrFN2O2/c1-11(2)12-3-5-13(6-4-12)17(10-23)22-18(24)21-16-8-7-14(19)9-15(16)20/h3-9,11,17,23H,10H2,1-2H3,(H2,21,22,24). The minimum Gasteiger partial charge on any atom is -0.394 e. The Kier molecular flexibility index (Phi) is 6.34. The summed E-state index contributed by atoms with van der Waals surface area (Å²) in [5.41, 5.74) is 2.03. The molecule has 3 N–H and O–H groups in total. The minimum absolute atomic E-state index is 0.0718. The fourth-order valence-corrected chi connectivity index (χ4v) is 2.59. The lowest BCUT2D eigenvalue weighted by molar-refractivity contribution is 0.225. The first kappa shape index (κ1) is 18.4. The SMILES string of the molecule is CC(C)c1ccc(C(CO)NC(=O)Nc2ccc(Br)cc2F)cc1. The van der Waals surface area contributed by atoms with Crippen LogP contribution in [-0.2, 0) is 0 Å². The summed E-state index contributed by atoms with van der Waals surface area (Å²) in [6, 6.07) is 10.9. The van der Waals surface area contributed by atoms with Crippen molar-refractivity contribution in [3.8, 4) is 0 Å². The number of hydrogen-bond acceptors (Lipinski definition) is 2. The maximum Gasteiger partial charge on any atom is 0.319 e. The molecule has 1 unspecified atom stereocenters. The molecule has 2 amide bonds. The molecule has 0 bridgehead atoms. The second-order valence-electron chi connectivity index (χ2n) is 5.78. The number of nitrogens with one attached hydrogen (secondary N) is 2. The number of carbonyl (C=O) groups excluding carboxylic acids is 1. The van der Waals surface area contributed by atoms with Crippen molar-refractivity contribution in [1.82, 2.24) is 5.32 Å². The Bertz CT molecular complexity index is 705. The van der Waals surface area contributed by atoms with Crippen molar-refractivity contribution in [2.75, 3.05) is 11.9 Å². The molecule has 0 aliphatic heterocycles. The third kappa shape index (κ3) is 4.79. The van der Waals surface area contributed by atoms with Crippen molar-refractivity contribution < 1.29 is 14.3 Å². The van der Waals surface area contributed by atoms with Crippen LogP contribution >= 0.6 is 15.9 Å². The quantitative estimate of drug-likeness (QED) is 0.695. The summed E-state index contributed by atoms with van der Waals surface area (Å²) < 4.78 is 14.3. The zero-order chi connectivity index (χ0) is 17.7. The number of anilines is 1. The predicted octanol–water partition coefficient (Wildman–Crippen LogP) is 4.57. The highest BCUT2D eigenvalue weighted by molar-refractivity contribution is 9.10. The van der Waals surface area contributed by atoms with Gasteiger partial charge in [0.1, 0.15) is 5.82 Å². The van der Waals surface area contributed by atoms with Crippen LogP contribution < -0.4 is 10.6 Å². The van der Waals surface area contributed by atoms with Crippen molar-refractivity contribution >= 4 is 27.6 Å². The first-order valence-electron chi connectivity index (χ1n) is 7.64. The Hall–Kier alpha value is -1.92. The molecular weight excluding hydrogens is 375 g/mol. The molecule has 1 atom stereocenters. The molecule has 0 saturated carbocycles. The topological polar surface area (TPSA) is 61.4 Å². The van der Waals surface area contributed by atoms with E-state index < -0.39 is 17.9 Å². The molecule has 0 aliphatic carbocycles. The number of carbonyl (C=O) groups is 1. The van der Waals surface area contributed by atoms with Gasteiger partial charge < -0.3 is 15.7 Å². The number of halogens is 2. The molecule has 0 aromatic heterocycles. The van der Waals surface area contributed by atoms with E-state index in [9.17, 15) is 14.3 Å². The van der Waals surface area contributed by atoms with Gasteiger partial charge in [0, 0.05) is 4.47 Å². The van der Waals surface area contributed by atoms with E-state index in [2.05, 4.69) is 40.4 Å². The maximum atomic E-state index is 13.8. The molecule has 2 aromatic rings. The molecule has 24 heavy (non-hydrogen) atoms. The van der Waals surface area contributed by atoms with E-state index in [1.54, 1.807) is 6.07 Å². The number of aliphatic hydroxyl groups is 1. The van der Waals surface area contributed by atoms with Crippen LogP contribution in [0.3, 0.4) is 0 Å². The summed E-state index contributed by atoms with van der Waals surface area (Å²) in [6.45, 7) is 3.94. The highest BCUT2D eigenvalue weighted by atomic mass is 79.9. The predicted molar refractivity (Wildman–Crippen MR) is 96.6 cm³/mol. The first-order chi connectivity index (χ1) is 11.4. The lowest BCUT2D eigenvalue weighted by Crippen LogP contribution is -2.34. The Morgan fingerprint density at radius 1 is 1.17 bits per heavy atom. The van der Waals surface area contributed by atoms with Gasteiger partial charge in [0.2, 0.25) is 0 Å². The molecule has 0 saturated heterocycles. The van der Waals surface area contributed by atoms with Gasteiger partial charge in [0.05, 0.1) is 18.3 Å². The van der Waals surface area contributed by atoms with E-state index in [4.69, 9.17) is 0 Å². The van der Waals surface area contributed by atoms with E-state index in [1.807, 2.05) is 24.3 Å². The molecule has 2 rings (SSSR count). The van der Waals surface area contributed by atoms with Crippen LogP contribution in [0.2, 0.25) is 0 Å². The van der Waals surface area contributed by atoms with Crippen LogP contribution in [0.5, 0.6) is 0 Å². The molecule has 2 aromatic carbocycles. The van der Waals surface area contributed by atoms with Crippen LogP contribution in [-0.4, -0.2) is 17.7 Å². The van der Waals surface area contributed by atoms with Gasteiger partial charge in [-0.1, -0.05) is 54.0 Å². The smallest absolute Gasteiger partial charge is 0.319 e. The van der Waals surface area contributed by atoms with Crippen molar-refractivity contribution in [1.29, 1.82) is 0 Å². The number of rotatable bonds is 5. The normalized spacial score (nSPS) is 12.1. The molecule has 0 heterocycles. The summed E-state index contributed by atoms with van der Waals surface area (Å²) >= 11 is 3.16. The lowest BCUT2D eigenvalue weighted by Gasteiger charge is -2.18. The summed E-state index contributed by atoms with van der Waals surface area (Å²) in [7, 11) is 0. The second kappa shape index (κ2) is 8.26. The van der Waals surface area contributed by atoms with Gasteiger partial charge >= 0.3 is 6.03 Å². The minimum atomic E-state index is -0.580. The van der Waals surface area contributed by atoms with E-state index in [-0.39, 0.29) is 12.3 Å². The molecule has 128 valence electrons. The highest BCUT2D eigenvalue weighted by Gasteiger charge is 2.15. The number of amides is 2. The van der Waals surface area contributed by atoms with E-state index in [1.165, 1.54) is 17.7 Å². The van der Waals surface area contributed by atoms with Gasteiger partial charge in [0.25, 0.3) is 0 Å².